The molecule has 1 aliphatic carbocycles. The third-order valence-electron chi connectivity index (χ3n) is 6.71. The Morgan fingerprint density at radius 2 is 1.78 bits per heavy atom. The van der Waals surface area contributed by atoms with Crippen molar-refractivity contribution in [3.63, 3.8) is 0 Å². The van der Waals surface area contributed by atoms with Gasteiger partial charge in [0.05, 0.1) is 12.4 Å². The van der Waals surface area contributed by atoms with Crippen LogP contribution in [-0.2, 0) is 4.79 Å². The molecule has 4 rings (SSSR count). The predicted octanol–water partition coefficient (Wildman–Crippen LogP) is 4.10. The second-order valence-electron chi connectivity index (χ2n) is 8.72. The molecule has 1 aromatic carbocycles. The molecule has 2 aliphatic rings. The van der Waals surface area contributed by atoms with Crippen molar-refractivity contribution in [2.24, 2.45) is 0 Å². The van der Waals surface area contributed by atoms with Gasteiger partial charge < -0.3 is 14.5 Å². The molecule has 1 atom stereocenters. The highest BCUT2D eigenvalue weighted by Gasteiger charge is 2.29. The van der Waals surface area contributed by atoms with Crippen molar-refractivity contribution in [1.82, 2.24) is 24.6 Å². The number of hydrogen-bond acceptors (Lipinski definition) is 6. The van der Waals surface area contributed by atoms with Gasteiger partial charge in [0, 0.05) is 37.8 Å². The highest BCUT2D eigenvalue weighted by Crippen LogP contribution is 2.37. The normalized spacial score (nSPS) is 19.2. The summed E-state index contributed by atoms with van der Waals surface area (Å²) in [6.07, 6.45) is 6.01. The summed E-state index contributed by atoms with van der Waals surface area (Å²) in [5.74, 6) is 1.92. The molecule has 0 radical (unpaired) electrons. The van der Waals surface area contributed by atoms with Gasteiger partial charge in [0.15, 0.2) is 11.0 Å². The molecule has 8 heteroatoms. The summed E-state index contributed by atoms with van der Waals surface area (Å²) in [4.78, 5) is 17.5. The van der Waals surface area contributed by atoms with Crippen LogP contribution in [0.25, 0.3) is 11.4 Å². The minimum absolute atomic E-state index is 0.182. The second-order valence-corrected chi connectivity index (χ2v) is 10.0. The number of likely N-dealkylation sites (N-methyl/N-ethyl adjacent to an activating group) is 1. The summed E-state index contributed by atoms with van der Waals surface area (Å²) < 4.78 is 7.61. The number of amides is 1. The van der Waals surface area contributed by atoms with E-state index in [2.05, 4.69) is 26.6 Å². The maximum atomic E-state index is 13.1. The molecule has 1 saturated heterocycles. The van der Waals surface area contributed by atoms with Gasteiger partial charge >= 0.3 is 0 Å². The minimum atomic E-state index is -0.182. The molecule has 2 aromatic rings. The SMILES string of the molecule is CCN1CCN(C(=O)C(C)Sc2nnc(-c3ccc(OC)cc3)n2C2CCCCC2)CC1. The Balaban J connectivity index is 1.54. The number of rotatable bonds is 7. The molecule has 7 nitrogen and oxygen atoms in total. The summed E-state index contributed by atoms with van der Waals surface area (Å²) in [6.45, 7) is 8.76. The quantitative estimate of drug-likeness (QED) is 0.583. The lowest BCUT2D eigenvalue weighted by molar-refractivity contribution is -0.132. The summed E-state index contributed by atoms with van der Waals surface area (Å²) >= 11 is 1.56. The minimum Gasteiger partial charge on any atom is -0.497 e. The number of carbonyl (C=O) groups excluding carboxylic acids is 1. The first-order valence-electron chi connectivity index (χ1n) is 11.9. The number of carbonyl (C=O) groups is 1. The van der Waals surface area contributed by atoms with Crippen LogP contribution in [0.3, 0.4) is 0 Å². The molecular weight excluding hydrogens is 422 g/mol. The van der Waals surface area contributed by atoms with E-state index in [4.69, 9.17) is 4.74 Å². The number of benzene rings is 1. The third kappa shape index (κ3) is 5.12. The van der Waals surface area contributed by atoms with Gasteiger partial charge in [-0.1, -0.05) is 37.9 Å². The molecule has 1 unspecified atom stereocenters. The van der Waals surface area contributed by atoms with Crippen LogP contribution in [-0.4, -0.2) is 75.6 Å². The van der Waals surface area contributed by atoms with E-state index in [1.165, 1.54) is 19.3 Å². The molecule has 174 valence electrons. The maximum absolute atomic E-state index is 13.1. The van der Waals surface area contributed by atoms with Gasteiger partial charge in [-0.05, 0) is 50.6 Å². The maximum Gasteiger partial charge on any atom is 0.235 e. The van der Waals surface area contributed by atoms with Crippen molar-refractivity contribution < 1.29 is 9.53 Å². The van der Waals surface area contributed by atoms with Gasteiger partial charge in [0.1, 0.15) is 5.75 Å². The van der Waals surface area contributed by atoms with Gasteiger partial charge in [0.25, 0.3) is 0 Å². The molecular formula is C24H35N5O2S. The van der Waals surface area contributed by atoms with Gasteiger partial charge in [-0.3, -0.25) is 9.36 Å². The zero-order chi connectivity index (χ0) is 22.5. The third-order valence-corrected chi connectivity index (χ3v) is 7.76. The highest BCUT2D eigenvalue weighted by atomic mass is 32.2. The average molecular weight is 458 g/mol. The highest BCUT2D eigenvalue weighted by molar-refractivity contribution is 8.00. The molecule has 0 bridgehead atoms. The Kier molecular flexibility index (Phi) is 7.73. The lowest BCUT2D eigenvalue weighted by Crippen LogP contribution is -2.50. The molecule has 32 heavy (non-hydrogen) atoms. The van der Waals surface area contributed by atoms with Crippen LogP contribution in [0.5, 0.6) is 5.75 Å². The lowest BCUT2D eigenvalue weighted by atomic mass is 9.95. The number of thioether (sulfide) groups is 1. The Labute approximate surface area is 195 Å². The van der Waals surface area contributed by atoms with Crippen LogP contribution in [0.1, 0.15) is 52.0 Å². The van der Waals surface area contributed by atoms with Gasteiger partial charge in [0.2, 0.25) is 5.91 Å². The zero-order valence-electron chi connectivity index (χ0n) is 19.5. The van der Waals surface area contributed by atoms with E-state index in [1.54, 1.807) is 18.9 Å². The molecule has 1 amide bonds. The van der Waals surface area contributed by atoms with E-state index in [9.17, 15) is 4.79 Å². The molecule has 2 fully saturated rings. The van der Waals surface area contributed by atoms with E-state index in [-0.39, 0.29) is 11.2 Å². The van der Waals surface area contributed by atoms with Crippen molar-refractivity contribution in [3.8, 4) is 17.1 Å². The van der Waals surface area contributed by atoms with Crippen LogP contribution >= 0.6 is 11.8 Å². The van der Waals surface area contributed by atoms with E-state index >= 15 is 0 Å². The zero-order valence-corrected chi connectivity index (χ0v) is 20.3. The first-order valence-corrected chi connectivity index (χ1v) is 12.8. The van der Waals surface area contributed by atoms with Crippen molar-refractivity contribution in [1.29, 1.82) is 0 Å². The van der Waals surface area contributed by atoms with Crippen molar-refractivity contribution >= 4 is 17.7 Å². The Morgan fingerprint density at radius 3 is 2.41 bits per heavy atom. The number of hydrogen-bond donors (Lipinski definition) is 0. The number of piperazine rings is 1. The summed E-state index contributed by atoms with van der Waals surface area (Å²) in [5.41, 5.74) is 1.03. The van der Waals surface area contributed by atoms with E-state index in [0.717, 1.165) is 67.9 Å². The number of aromatic nitrogens is 3. The number of methoxy groups -OCH3 is 1. The Bertz CT molecular complexity index is 886. The van der Waals surface area contributed by atoms with E-state index in [0.29, 0.717) is 6.04 Å². The van der Waals surface area contributed by atoms with Crippen molar-refractivity contribution in [2.75, 3.05) is 39.8 Å². The van der Waals surface area contributed by atoms with Crippen LogP contribution in [0, 0.1) is 0 Å². The van der Waals surface area contributed by atoms with E-state index in [1.807, 2.05) is 36.1 Å². The fourth-order valence-corrected chi connectivity index (χ4v) is 5.72. The molecule has 2 heterocycles. The summed E-state index contributed by atoms with van der Waals surface area (Å²) in [6, 6.07) is 8.39. The van der Waals surface area contributed by atoms with Crippen LogP contribution in [0.4, 0.5) is 0 Å². The predicted molar refractivity (Wildman–Crippen MR) is 128 cm³/mol. The van der Waals surface area contributed by atoms with Crippen molar-refractivity contribution in [3.05, 3.63) is 24.3 Å². The lowest BCUT2D eigenvalue weighted by Gasteiger charge is -2.35. The first kappa shape index (κ1) is 23.1. The summed E-state index contributed by atoms with van der Waals surface area (Å²) in [5, 5.41) is 9.83. The van der Waals surface area contributed by atoms with Gasteiger partial charge in [-0.15, -0.1) is 10.2 Å². The van der Waals surface area contributed by atoms with Crippen molar-refractivity contribution in [2.45, 2.75) is 62.4 Å². The first-order chi connectivity index (χ1) is 15.6. The monoisotopic (exact) mass is 457 g/mol. The smallest absolute Gasteiger partial charge is 0.235 e. The molecule has 0 N–H and O–H groups in total. The average Bonchev–Trinajstić information content (AvgIpc) is 3.27. The molecule has 1 aliphatic heterocycles. The second kappa shape index (κ2) is 10.7. The van der Waals surface area contributed by atoms with Gasteiger partial charge in [-0.2, -0.15) is 0 Å². The Morgan fingerprint density at radius 1 is 1.09 bits per heavy atom. The largest absolute Gasteiger partial charge is 0.497 e. The molecule has 1 aromatic heterocycles. The number of ether oxygens (including phenoxy) is 1. The van der Waals surface area contributed by atoms with Crippen LogP contribution in [0.2, 0.25) is 0 Å². The summed E-state index contributed by atoms with van der Waals surface area (Å²) in [7, 11) is 1.68. The number of nitrogens with zero attached hydrogens (tertiary/aromatic N) is 5. The topological polar surface area (TPSA) is 63.5 Å². The molecule has 0 spiro atoms. The van der Waals surface area contributed by atoms with E-state index < -0.39 is 0 Å². The van der Waals surface area contributed by atoms with Crippen LogP contribution in [0.15, 0.2) is 29.4 Å². The fraction of sp³-hybridized carbons (Fsp3) is 0.625. The standard InChI is InChI=1S/C24H35N5O2S/c1-4-27-14-16-28(17-15-27)23(30)18(2)32-24-26-25-22(19-10-12-21(31-3)13-11-19)29(24)20-8-6-5-7-9-20/h10-13,18,20H,4-9,14-17H2,1-3H3. The van der Waals surface area contributed by atoms with Crippen LogP contribution < -0.4 is 4.74 Å². The van der Waals surface area contributed by atoms with Gasteiger partial charge in [-0.25, -0.2) is 0 Å². The Hall–Kier alpha value is -2.06. The molecule has 1 saturated carbocycles. The fourth-order valence-electron chi connectivity index (χ4n) is 4.71.